The highest BCUT2D eigenvalue weighted by Crippen LogP contribution is 2.32. The van der Waals surface area contributed by atoms with Gasteiger partial charge in [-0.25, -0.2) is 4.79 Å². The maximum Gasteiger partial charge on any atom is 0.436 e. The van der Waals surface area contributed by atoms with E-state index in [1.807, 2.05) is 0 Å². The van der Waals surface area contributed by atoms with Gasteiger partial charge in [0.25, 0.3) is 20.2 Å². The number of nitrogens with zero attached hydrogens (tertiary/aromatic N) is 1. The molecule has 2 aliphatic carbocycles. The van der Waals surface area contributed by atoms with Crippen LogP contribution in [-0.4, -0.2) is 59.4 Å². The van der Waals surface area contributed by atoms with Crippen molar-refractivity contribution >= 4 is 37.5 Å². The first-order valence-electron chi connectivity index (χ1n) is 7.74. The molecule has 1 aromatic rings. The maximum absolute atomic E-state index is 12.5. The van der Waals surface area contributed by atoms with Gasteiger partial charge in [0.2, 0.25) is 5.71 Å². The molecule has 0 aromatic carbocycles. The molecule has 5 N–H and O–H groups in total. The van der Waals surface area contributed by atoms with Gasteiger partial charge in [0, 0.05) is 18.3 Å². The Kier molecular flexibility index (Phi) is 4.75. The van der Waals surface area contributed by atoms with Crippen LogP contribution in [-0.2, 0) is 20.2 Å². The van der Waals surface area contributed by atoms with Crippen molar-refractivity contribution in [3.05, 3.63) is 64.4 Å². The summed E-state index contributed by atoms with van der Waals surface area (Å²) in [6.07, 6.45) is 7.43. The topological polar surface area (TPSA) is 171 Å². The number of aromatic amines is 1. The summed E-state index contributed by atoms with van der Waals surface area (Å²) in [5, 5.41) is -1.73. The van der Waals surface area contributed by atoms with E-state index in [2.05, 4.69) is 4.98 Å². The molecule has 0 saturated carbocycles. The van der Waals surface area contributed by atoms with Crippen LogP contribution in [0.2, 0.25) is 0 Å². The number of aromatic nitrogens is 1. The Hall–Kier alpha value is -2.80. The molecule has 1 heterocycles. The van der Waals surface area contributed by atoms with Gasteiger partial charge < -0.3 is 10.7 Å². The average molecular weight is 426 g/mol. The highest BCUT2D eigenvalue weighted by molar-refractivity contribution is 7.90. The Morgan fingerprint density at radius 3 is 2.39 bits per heavy atom. The van der Waals surface area contributed by atoms with Crippen molar-refractivity contribution in [2.45, 2.75) is 5.25 Å². The number of nitrogens with two attached hydrogens (primary N) is 1. The summed E-state index contributed by atoms with van der Waals surface area (Å²) in [6, 6.07) is 1.44. The van der Waals surface area contributed by atoms with Gasteiger partial charge >= 0.3 is 5.91 Å². The van der Waals surface area contributed by atoms with Crippen LogP contribution >= 0.6 is 0 Å². The van der Waals surface area contributed by atoms with Crippen LogP contribution in [0.15, 0.2) is 58.7 Å². The number of rotatable bonds is 3. The maximum atomic E-state index is 12.5. The van der Waals surface area contributed by atoms with Crippen LogP contribution in [0.3, 0.4) is 0 Å². The summed E-state index contributed by atoms with van der Waals surface area (Å²) >= 11 is 0. The van der Waals surface area contributed by atoms with Gasteiger partial charge in [-0.05, 0) is 35.4 Å². The van der Waals surface area contributed by atoms with Crippen LogP contribution in [0.1, 0.15) is 10.5 Å². The van der Waals surface area contributed by atoms with Crippen molar-refractivity contribution in [1.29, 1.82) is 0 Å². The number of hydrogen-bond acceptors (Lipinski definition) is 6. The van der Waals surface area contributed by atoms with Crippen LogP contribution in [0, 0.1) is 0 Å². The first kappa shape index (κ1) is 19.9. The van der Waals surface area contributed by atoms with Gasteiger partial charge in [-0.2, -0.15) is 21.4 Å². The fourth-order valence-electron chi connectivity index (χ4n) is 2.83. The highest BCUT2D eigenvalue weighted by atomic mass is 32.2. The number of carbonyl (C=O) groups excluding carboxylic acids is 1. The molecule has 1 aromatic heterocycles. The third-order valence-electron chi connectivity index (χ3n) is 4.24. The van der Waals surface area contributed by atoms with Crippen LogP contribution < -0.4 is 5.73 Å². The average Bonchev–Trinajstić information content (AvgIpc) is 3.03. The van der Waals surface area contributed by atoms with Crippen molar-refractivity contribution in [3.8, 4) is 0 Å². The monoisotopic (exact) mass is 426 g/mol. The van der Waals surface area contributed by atoms with Gasteiger partial charge in [0.15, 0.2) is 5.69 Å². The Balaban J connectivity index is 2.12. The molecule has 0 radical (unpaired) electrons. The van der Waals surface area contributed by atoms with Crippen molar-refractivity contribution in [3.63, 3.8) is 0 Å². The second-order valence-electron chi connectivity index (χ2n) is 6.15. The Morgan fingerprint density at radius 2 is 1.86 bits per heavy atom. The Labute approximate surface area is 160 Å². The lowest BCUT2D eigenvalue weighted by Crippen LogP contribution is -2.29. The quantitative estimate of drug-likeness (QED) is 0.394. The summed E-state index contributed by atoms with van der Waals surface area (Å²) < 4.78 is 66.4. The van der Waals surface area contributed by atoms with E-state index in [0.717, 1.165) is 12.2 Å². The highest BCUT2D eigenvalue weighted by Gasteiger charge is 2.35. The van der Waals surface area contributed by atoms with Crippen molar-refractivity contribution < 1.29 is 35.3 Å². The summed E-state index contributed by atoms with van der Waals surface area (Å²) in [5.41, 5.74) is 6.67. The van der Waals surface area contributed by atoms with Crippen molar-refractivity contribution in [1.82, 2.24) is 4.98 Å². The third kappa shape index (κ3) is 3.75. The van der Waals surface area contributed by atoms with E-state index in [9.17, 15) is 30.7 Å². The second-order valence-corrected chi connectivity index (χ2v) is 9.11. The third-order valence-corrected chi connectivity index (χ3v) is 6.12. The lowest BCUT2D eigenvalue weighted by Gasteiger charge is -2.22. The molecule has 10 nitrogen and oxygen atoms in total. The fraction of sp³-hybridized carbons (Fsp3) is 0.125. The predicted octanol–water partition coefficient (Wildman–Crippen LogP) is 0.285. The number of amides is 1. The number of nitrogen functional groups attached to an aromatic ring is 1. The predicted molar refractivity (Wildman–Crippen MR) is 101 cm³/mol. The molecule has 148 valence electrons. The zero-order chi connectivity index (χ0) is 20.9. The van der Waals surface area contributed by atoms with E-state index in [-0.39, 0.29) is 16.8 Å². The summed E-state index contributed by atoms with van der Waals surface area (Å²) in [4.78, 5) is 14.6. The van der Waals surface area contributed by atoms with Gasteiger partial charge in [-0.15, -0.1) is 0 Å². The van der Waals surface area contributed by atoms with Crippen LogP contribution in [0.25, 0.3) is 0 Å². The Bertz CT molecular complexity index is 1240. The molecule has 1 amide bonds. The first-order valence-corrected chi connectivity index (χ1v) is 10.7. The van der Waals surface area contributed by atoms with Crippen LogP contribution in [0.4, 0.5) is 5.69 Å². The molecule has 0 saturated heterocycles. The standard InChI is InChI=1S/C16H15N3O7S2/c1-19(16(20)14-5-10(17)8-18-14)11-3-2-9-4-12(27(21,22)23)7-15(13(9)6-11)28(24,25)26/h2-8,15H,17H2,1H3,(H2-,18,20,21,22,23,24,25,26)/p+1. The molecule has 3 rings (SSSR count). The van der Waals surface area contributed by atoms with Gasteiger partial charge in [0.05, 0.1) is 10.6 Å². The number of H-pyrrole nitrogens is 1. The summed E-state index contributed by atoms with van der Waals surface area (Å²) in [7, 11) is -7.97. The summed E-state index contributed by atoms with van der Waals surface area (Å²) in [5.74, 6) is -0.450. The molecule has 0 fully saturated rings. The zero-order valence-corrected chi connectivity index (χ0v) is 16.0. The lowest BCUT2D eigenvalue weighted by atomic mass is 9.92. The second kappa shape index (κ2) is 6.67. The molecule has 12 heteroatoms. The smallest absolute Gasteiger partial charge is 0.397 e. The van der Waals surface area contributed by atoms with Gasteiger partial charge in [-0.3, -0.25) is 9.11 Å². The Morgan fingerprint density at radius 1 is 1.18 bits per heavy atom. The van der Waals surface area contributed by atoms with Gasteiger partial charge in [0.1, 0.15) is 12.3 Å². The number of carbonyl (C=O) groups is 1. The minimum absolute atomic E-state index is 0.0537. The SMILES string of the molecule is C[N+](C(=O)c1cc(N)c[nH]1)=C1C=CC2=CC(S(=O)(=O)O)=CC(S(=O)(=O)O)C2=C1. The van der Waals surface area contributed by atoms with E-state index in [0.29, 0.717) is 11.4 Å². The molecule has 28 heavy (non-hydrogen) atoms. The van der Waals surface area contributed by atoms with E-state index in [1.165, 1.54) is 42.1 Å². The number of fused-ring (bicyclic) bond motifs is 1. The zero-order valence-electron chi connectivity index (χ0n) is 14.4. The molecular weight excluding hydrogens is 410 g/mol. The molecule has 0 spiro atoms. The normalized spacial score (nSPS) is 21.4. The molecule has 1 unspecified atom stereocenters. The lowest BCUT2D eigenvalue weighted by molar-refractivity contribution is -0.392. The van der Waals surface area contributed by atoms with Crippen molar-refractivity contribution in [2.24, 2.45) is 0 Å². The van der Waals surface area contributed by atoms with Crippen molar-refractivity contribution in [2.75, 3.05) is 12.8 Å². The van der Waals surface area contributed by atoms with E-state index in [4.69, 9.17) is 5.73 Å². The van der Waals surface area contributed by atoms with Crippen LogP contribution in [0.5, 0.6) is 0 Å². The molecular formula is C16H16N3O7S2+. The largest absolute Gasteiger partial charge is 0.436 e. The number of nitrogens with one attached hydrogen (secondary N) is 1. The molecule has 0 aliphatic heterocycles. The van der Waals surface area contributed by atoms with E-state index < -0.39 is 36.3 Å². The number of anilines is 1. The minimum Gasteiger partial charge on any atom is -0.397 e. The van der Waals surface area contributed by atoms with E-state index in [1.54, 1.807) is 0 Å². The minimum atomic E-state index is -4.74. The number of allylic oxidation sites excluding steroid dienone is 5. The fourth-order valence-corrected chi connectivity index (χ4v) is 4.34. The summed E-state index contributed by atoms with van der Waals surface area (Å²) in [6.45, 7) is 0. The molecule has 1 atom stereocenters. The van der Waals surface area contributed by atoms with Gasteiger partial charge in [-0.1, -0.05) is 0 Å². The molecule has 2 aliphatic rings. The first-order chi connectivity index (χ1) is 12.9. The molecule has 0 bridgehead atoms. The van der Waals surface area contributed by atoms with E-state index >= 15 is 0 Å². The number of hydrogen-bond donors (Lipinski definition) is 4.